The van der Waals surface area contributed by atoms with Crippen molar-refractivity contribution in [2.75, 3.05) is 0 Å². The van der Waals surface area contributed by atoms with Gasteiger partial charge in [0, 0.05) is 28.3 Å². The van der Waals surface area contributed by atoms with Crippen LogP contribution in [0.1, 0.15) is 22.3 Å². The van der Waals surface area contributed by atoms with Gasteiger partial charge in [-0.1, -0.05) is 158 Å². The summed E-state index contributed by atoms with van der Waals surface area (Å²) in [4.78, 5) is 4.37. The highest BCUT2D eigenvalue weighted by molar-refractivity contribution is 7.85. The molecule has 8 rings (SSSR count). The van der Waals surface area contributed by atoms with Gasteiger partial charge in [0.1, 0.15) is 0 Å². The molecule has 214 valence electrons. The Balaban J connectivity index is 1.34. The fraction of sp³-hybridized carbons (Fsp3) is 0.0238. The number of aromatic nitrogens is 1. The molecule has 1 aromatic heterocycles. The highest BCUT2D eigenvalue weighted by Crippen LogP contribution is 2.58. The van der Waals surface area contributed by atoms with Crippen molar-refractivity contribution in [2.24, 2.45) is 0 Å². The number of hydrogen-bond donors (Lipinski definition) is 0. The molecule has 1 unspecified atom stereocenters. The summed E-state index contributed by atoms with van der Waals surface area (Å²) in [7, 11) is -3.06. The zero-order valence-corrected chi connectivity index (χ0v) is 25.5. The minimum Gasteiger partial charge on any atom is -0.309 e. The Morgan fingerprint density at radius 1 is 0.422 bits per heavy atom. The van der Waals surface area contributed by atoms with Gasteiger partial charge in [-0.05, 0) is 56.6 Å². The minimum atomic E-state index is -3.06. The molecule has 0 N–H and O–H groups in total. The third kappa shape index (κ3) is 4.18. The predicted octanol–water partition coefficient (Wildman–Crippen LogP) is 8.75. The van der Waals surface area contributed by atoms with Gasteiger partial charge in [-0.2, -0.15) is 0 Å². The van der Waals surface area contributed by atoms with E-state index in [4.69, 9.17) is 0 Å². The van der Waals surface area contributed by atoms with Crippen LogP contribution >= 0.6 is 7.14 Å². The zero-order chi connectivity index (χ0) is 30.3. The van der Waals surface area contributed by atoms with Gasteiger partial charge in [0.05, 0.1) is 5.41 Å². The number of hydrogen-bond acceptors (Lipinski definition) is 2. The van der Waals surface area contributed by atoms with Crippen LogP contribution in [-0.4, -0.2) is 4.98 Å². The largest absolute Gasteiger partial charge is 0.309 e. The van der Waals surface area contributed by atoms with Gasteiger partial charge in [-0.3, -0.25) is 4.98 Å². The molecular formula is C42H30NOP. The summed E-state index contributed by atoms with van der Waals surface area (Å²) in [6.45, 7) is 0. The Hall–Kier alpha value is -5.30. The summed E-state index contributed by atoms with van der Waals surface area (Å²) < 4.78 is 15.0. The standard InChI is InChI=1S/C42H30NOP/c44-45(34-15-6-2-7-16-34,35-17-8-3-9-18-35)36-25-23-31(24-26-36)37-20-12-22-40-41(37)38-19-10-11-21-39(38)42(40,32-13-4-1-5-14-32)33-27-29-43-30-28-33/h1-30H. The van der Waals surface area contributed by atoms with E-state index in [0.29, 0.717) is 0 Å². The second-order valence-corrected chi connectivity index (χ2v) is 14.2. The molecule has 0 amide bonds. The molecular weight excluding hydrogens is 565 g/mol. The molecule has 1 atom stereocenters. The molecule has 0 aliphatic heterocycles. The van der Waals surface area contributed by atoms with Crippen molar-refractivity contribution >= 4 is 23.1 Å². The Labute approximate surface area is 264 Å². The minimum absolute atomic E-state index is 0.484. The van der Waals surface area contributed by atoms with Crippen molar-refractivity contribution < 1.29 is 4.57 Å². The van der Waals surface area contributed by atoms with E-state index in [1.165, 1.54) is 33.4 Å². The average molecular weight is 596 g/mol. The lowest BCUT2D eigenvalue weighted by atomic mass is 9.68. The van der Waals surface area contributed by atoms with Crippen molar-refractivity contribution in [2.45, 2.75) is 5.41 Å². The molecule has 1 heterocycles. The lowest BCUT2D eigenvalue weighted by molar-refractivity contribution is 0.592. The quantitative estimate of drug-likeness (QED) is 0.180. The van der Waals surface area contributed by atoms with Crippen molar-refractivity contribution in [3.63, 3.8) is 0 Å². The first-order chi connectivity index (χ1) is 22.2. The highest BCUT2D eigenvalue weighted by atomic mass is 31.2. The molecule has 7 aromatic rings. The normalized spacial score (nSPS) is 15.3. The van der Waals surface area contributed by atoms with Crippen molar-refractivity contribution in [3.05, 3.63) is 205 Å². The van der Waals surface area contributed by atoms with Crippen LogP contribution in [-0.2, 0) is 9.98 Å². The number of rotatable bonds is 6. The van der Waals surface area contributed by atoms with Crippen LogP contribution < -0.4 is 15.9 Å². The summed E-state index contributed by atoms with van der Waals surface area (Å²) in [6.07, 6.45) is 3.78. The summed E-state index contributed by atoms with van der Waals surface area (Å²) in [5.41, 5.74) is 9.16. The molecule has 0 spiro atoms. The molecule has 0 fully saturated rings. The van der Waals surface area contributed by atoms with Gasteiger partial charge in [-0.15, -0.1) is 0 Å². The molecule has 2 nitrogen and oxygen atoms in total. The van der Waals surface area contributed by atoms with Crippen LogP contribution in [0.3, 0.4) is 0 Å². The van der Waals surface area contributed by atoms with Crippen LogP contribution in [0.15, 0.2) is 182 Å². The fourth-order valence-corrected chi connectivity index (χ4v) is 9.87. The number of nitrogens with zero attached hydrogens (tertiary/aromatic N) is 1. The SMILES string of the molecule is O=P(c1ccccc1)(c1ccccc1)c1ccc(-c2cccc3c2-c2ccccc2C3(c2ccccc2)c2ccncc2)cc1. The molecule has 6 aromatic carbocycles. The maximum Gasteiger partial charge on any atom is 0.171 e. The summed E-state index contributed by atoms with van der Waals surface area (Å²) in [6, 6.07) is 58.6. The van der Waals surface area contributed by atoms with E-state index >= 15 is 4.57 Å². The van der Waals surface area contributed by atoms with Crippen molar-refractivity contribution in [1.29, 1.82) is 0 Å². The van der Waals surface area contributed by atoms with Crippen LogP contribution in [0, 0.1) is 0 Å². The number of benzene rings is 6. The van der Waals surface area contributed by atoms with E-state index in [1.807, 2.05) is 73.1 Å². The maximum atomic E-state index is 15.0. The maximum absolute atomic E-state index is 15.0. The van der Waals surface area contributed by atoms with Crippen LogP contribution in [0.5, 0.6) is 0 Å². The molecule has 0 saturated carbocycles. The highest BCUT2D eigenvalue weighted by Gasteiger charge is 2.46. The molecule has 45 heavy (non-hydrogen) atoms. The Morgan fingerprint density at radius 2 is 0.911 bits per heavy atom. The second kappa shape index (κ2) is 11.0. The van der Waals surface area contributed by atoms with Gasteiger partial charge in [0.25, 0.3) is 0 Å². The molecule has 0 saturated heterocycles. The third-order valence-corrected chi connectivity index (χ3v) is 12.2. The Bertz CT molecular complexity index is 2080. The van der Waals surface area contributed by atoms with Crippen LogP contribution in [0.4, 0.5) is 0 Å². The first-order valence-electron chi connectivity index (χ1n) is 15.2. The van der Waals surface area contributed by atoms with E-state index in [2.05, 4.69) is 114 Å². The summed E-state index contributed by atoms with van der Waals surface area (Å²) in [5, 5.41) is 2.50. The van der Waals surface area contributed by atoms with Crippen LogP contribution in [0.2, 0.25) is 0 Å². The van der Waals surface area contributed by atoms with Gasteiger partial charge in [-0.25, -0.2) is 0 Å². The molecule has 1 aliphatic carbocycles. The summed E-state index contributed by atoms with van der Waals surface area (Å²) in [5.74, 6) is 0. The molecule has 0 radical (unpaired) electrons. The van der Waals surface area contributed by atoms with Gasteiger partial charge >= 0.3 is 0 Å². The molecule has 1 aliphatic rings. The van der Waals surface area contributed by atoms with Crippen LogP contribution in [0.25, 0.3) is 22.3 Å². The van der Waals surface area contributed by atoms with E-state index in [9.17, 15) is 0 Å². The van der Waals surface area contributed by atoms with Gasteiger partial charge in [0.15, 0.2) is 7.14 Å². The van der Waals surface area contributed by atoms with Gasteiger partial charge in [0.2, 0.25) is 0 Å². The number of fused-ring (bicyclic) bond motifs is 3. The predicted molar refractivity (Wildman–Crippen MR) is 186 cm³/mol. The third-order valence-electron chi connectivity index (χ3n) is 9.17. The molecule has 3 heteroatoms. The lowest BCUT2D eigenvalue weighted by Gasteiger charge is -2.33. The monoisotopic (exact) mass is 595 g/mol. The zero-order valence-electron chi connectivity index (χ0n) is 24.6. The second-order valence-electron chi connectivity index (χ2n) is 11.5. The first-order valence-corrected chi connectivity index (χ1v) is 16.9. The van der Waals surface area contributed by atoms with Gasteiger partial charge < -0.3 is 4.57 Å². The average Bonchev–Trinajstić information content (AvgIpc) is 3.44. The van der Waals surface area contributed by atoms with E-state index in [0.717, 1.165) is 27.0 Å². The topological polar surface area (TPSA) is 30.0 Å². The van der Waals surface area contributed by atoms with Crippen molar-refractivity contribution in [3.8, 4) is 22.3 Å². The Morgan fingerprint density at radius 3 is 1.56 bits per heavy atom. The first kappa shape index (κ1) is 27.3. The van der Waals surface area contributed by atoms with E-state index < -0.39 is 12.6 Å². The van der Waals surface area contributed by atoms with E-state index in [1.54, 1.807) is 0 Å². The smallest absolute Gasteiger partial charge is 0.171 e. The lowest BCUT2D eigenvalue weighted by Crippen LogP contribution is -2.28. The number of pyridine rings is 1. The van der Waals surface area contributed by atoms with E-state index in [-0.39, 0.29) is 0 Å². The summed E-state index contributed by atoms with van der Waals surface area (Å²) >= 11 is 0. The van der Waals surface area contributed by atoms with Crippen molar-refractivity contribution in [1.82, 2.24) is 4.98 Å². The molecule has 0 bridgehead atoms. The Kier molecular flexibility index (Phi) is 6.67. The fourth-order valence-electron chi connectivity index (χ4n) is 7.22.